The van der Waals surface area contributed by atoms with Gasteiger partial charge >= 0.3 is 0 Å². The summed E-state index contributed by atoms with van der Waals surface area (Å²) in [6.45, 7) is 9.59. The zero-order valence-corrected chi connectivity index (χ0v) is 24.3. The molecule has 212 valence electrons. The number of fused-ring (bicyclic) bond motifs is 1. The summed E-state index contributed by atoms with van der Waals surface area (Å²) in [6, 6.07) is 10.4. The first-order valence-electron chi connectivity index (χ1n) is 14.5. The monoisotopic (exact) mass is 550 g/mol. The molecule has 8 heteroatoms. The molecule has 0 bridgehead atoms. The number of hydrogen-bond acceptors (Lipinski definition) is 8. The Labute approximate surface area is 241 Å². The van der Waals surface area contributed by atoms with Gasteiger partial charge in [0.15, 0.2) is 12.1 Å². The van der Waals surface area contributed by atoms with E-state index in [1.807, 2.05) is 52.0 Å². The molecule has 4 aromatic rings. The molecule has 0 amide bonds. The summed E-state index contributed by atoms with van der Waals surface area (Å²) in [6.07, 6.45) is 9.81. The number of nitrogens with zero attached hydrogens (tertiary/aromatic N) is 4. The molecule has 1 aliphatic carbocycles. The van der Waals surface area contributed by atoms with Crippen LogP contribution in [0.15, 0.2) is 48.9 Å². The third kappa shape index (κ3) is 5.98. The van der Waals surface area contributed by atoms with E-state index in [1.54, 1.807) is 18.6 Å². The lowest BCUT2D eigenvalue weighted by Crippen LogP contribution is -2.40. The first kappa shape index (κ1) is 28.4. The molecule has 1 saturated heterocycles. The van der Waals surface area contributed by atoms with Crippen molar-refractivity contribution in [2.75, 3.05) is 23.3 Å². The molecule has 6 rings (SSSR count). The number of nitrogens with one attached hydrogen (secondary N) is 1. The molecule has 41 heavy (non-hydrogen) atoms. The molecule has 0 radical (unpaired) electrons. The standard InChI is InChI=1S/C31H32N6O2.C2H6/c1-18-11-22(12-19(2)27(18)17-38)21-5-6-28-25(13-21)29(26(16-33-28)30(39)20-3-4-20)36-24-14-34-31(35-15-24)37-9-7-23(32)8-10-37;1-2/h5-6,11-17,20,23H,3-4,7-10,32H2,1-2H3,(H,33,36);1-2H3. The van der Waals surface area contributed by atoms with E-state index in [0.717, 1.165) is 89.5 Å². The van der Waals surface area contributed by atoms with Crippen molar-refractivity contribution in [3.8, 4) is 11.1 Å². The Morgan fingerprint density at radius 1 is 0.927 bits per heavy atom. The van der Waals surface area contributed by atoms with Gasteiger partial charge in [-0.25, -0.2) is 9.97 Å². The van der Waals surface area contributed by atoms with Crippen molar-refractivity contribution in [1.29, 1.82) is 0 Å². The molecule has 2 aromatic heterocycles. The molecule has 2 aliphatic rings. The van der Waals surface area contributed by atoms with Crippen LogP contribution in [0.25, 0.3) is 22.0 Å². The molecule has 1 aliphatic heterocycles. The lowest BCUT2D eigenvalue weighted by molar-refractivity contribution is 0.0968. The van der Waals surface area contributed by atoms with Gasteiger partial charge in [-0.3, -0.25) is 14.6 Å². The third-order valence-corrected chi connectivity index (χ3v) is 7.86. The van der Waals surface area contributed by atoms with Gasteiger partial charge in [0.2, 0.25) is 5.95 Å². The second kappa shape index (κ2) is 12.1. The largest absolute Gasteiger partial charge is 0.352 e. The summed E-state index contributed by atoms with van der Waals surface area (Å²) in [4.78, 5) is 40.8. The number of aryl methyl sites for hydroxylation is 2. The van der Waals surface area contributed by atoms with E-state index in [9.17, 15) is 9.59 Å². The zero-order chi connectivity index (χ0) is 29.1. The van der Waals surface area contributed by atoms with Crippen LogP contribution in [0.3, 0.4) is 0 Å². The Balaban J connectivity index is 0.00000165. The number of benzene rings is 2. The SMILES string of the molecule is CC.Cc1cc(-c2ccc3ncc(C(=O)C4CC4)c(Nc4cnc(N5CCC(N)CC5)nc4)c3c2)cc(C)c1C=O. The number of piperidine rings is 1. The minimum Gasteiger partial charge on any atom is -0.352 e. The first-order valence-corrected chi connectivity index (χ1v) is 14.5. The second-order valence-corrected chi connectivity index (χ2v) is 10.8. The number of carbonyl (C=O) groups excluding carboxylic acids is 2. The maximum atomic E-state index is 13.3. The minimum atomic E-state index is 0.0540. The number of hydrogen-bond donors (Lipinski definition) is 2. The summed E-state index contributed by atoms with van der Waals surface area (Å²) in [5.41, 5.74) is 13.4. The number of aromatic nitrogens is 3. The van der Waals surface area contributed by atoms with E-state index in [0.29, 0.717) is 17.2 Å². The highest BCUT2D eigenvalue weighted by molar-refractivity contribution is 6.11. The van der Waals surface area contributed by atoms with Crippen molar-refractivity contribution in [1.82, 2.24) is 15.0 Å². The minimum absolute atomic E-state index is 0.0540. The van der Waals surface area contributed by atoms with Crippen LogP contribution in [0, 0.1) is 19.8 Å². The number of Topliss-reactive ketones (excluding diaryl/α,β-unsaturated/α-hetero) is 1. The van der Waals surface area contributed by atoms with Crippen LogP contribution in [0.5, 0.6) is 0 Å². The fourth-order valence-corrected chi connectivity index (χ4v) is 5.38. The highest BCUT2D eigenvalue weighted by Gasteiger charge is 2.32. The smallest absolute Gasteiger partial charge is 0.225 e. The molecule has 1 saturated carbocycles. The fourth-order valence-electron chi connectivity index (χ4n) is 5.38. The molecule has 2 aromatic carbocycles. The summed E-state index contributed by atoms with van der Waals surface area (Å²) in [7, 11) is 0. The molecule has 8 nitrogen and oxygen atoms in total. The lowest BCUT2D eigenvalue weighted by atomic mass is 9.94. The van der Waals surface area contributed by atoms with Gasteiger partial charge in [-0.05, 0) is 73.9 Å². The van der Waals surface area contributed by atoms with E-state index in [4.69, 9.17) is 5.73 Å². The van der Waals surface area contributed by atoms with Crippen molar-refractivity contribution in [3.05, 3.63) is 71.2 Å². The van der Waals surface area contributed by atoms with Gasteiger partial charge in [0.1, 0.15) is 0 Å². The summed E-state index contributed by atoms with van der Waals surface area (Å²) in [5, 5.41) is 4.32. The van der Waals surface area contributed by atoms with Gasteiger partial charge in [0.05, 0.1) is 34.8 Å². The van der Waals surface area contributed by atoms with E-state index < -0.39 is 0 Å². The Hall–Kier alpha value is -4.17. The normalized spacial score (nSPS) is 15.3. The van der Waals surface area contributed by atoms with Crippen LogP contribution >= 0.6 is 0 Å². The average Bonchev–Trinajstić information content (AvgIpc) is 3.84. The number of aldehydes is 1. The average molecular weight is 551 g/mol. The first-order chi connectivity index (χ1) is 19.9. The van der Waals surface area contributed by atoms with Crippen LogP contribution < -0.4 is 16.0 Å². The van der Waals surface area contributed by atoms with Crippen molar-refractivity contribution in [3.63, 3.8) is 0 Å². The molecule has 3 N–H and O–H groups in total. The predicted molar refractivity (Wildman–Crippen MR) is 165 cm³/mol. The molecule has 2 fully saturated rings. The highest BCUT2D eigenvalue weighted by atomic mass is 16.1. The Morgan fingerprint density at radius 3 is 2.20 bits per heavy atom. The second-order valence-electron chi connectivity index (χ2n) is 10.8. The topological polar surface area (TPSA) is 114 Å². The highest BCUT2D eigenvalue weighted by Crippen LogP contribution is 2.39. The Bertz CT molecular complexity index is 1550. The quantitative estimate of drug-likeness (QED) is 0.200. The summed E-state index contributed by atoms with van der Waals surface area (Å²) in [5.74, 6) is 0.855. The summed E-state index contributed by atoms with van der Waals surface area (Å²) >= 11 is 0. The predicted octanol–water partition coefficient (Wildman–Crippen LogP) is 6.41. The van der Waals surface area contributed by atoms with E-state index >= 15 is 0 Å². The summed E-state index contributed by atoms with van der Waals surface area (Å²) < 4.78 is 0. The van der Waals surface area contributed by atoms with Crippen molar-refractivity contribution in [2.45, 2.75) is 59.4 Å². The van der Waals surface area contributed by atoms with E-state index in [-0.39, 0.29) is 17.7 Å². The lowest BCUT2D eigenvalue weighted by Gasteiger charge is -2.30. The van der Waals surface area contributed by atoms with Gasteiger partial charge < -0.3 is 16.0 Å². The van der Waals surface area contributed by atoms with Gasteiger partial charge in [0.25, 0.3) is 0 Å². The molecule has 0 unspecified atom stereocenters. The molecule has 3 heterocycles. The molecule has 0 spiro atoms. The van der Waals surface area contributed by atoms with Gasteiger partial charge in [0, 0.05) is 42.2 Å². The van der Waals surface area contributed by atoms with Crippen LogP contribution in [-0.4, -0.2) is 46.2 Å². The van der Waals surface area contributed by atoms with Gasteiger partial charge in [-0.1, -0.05) is 32.0 Å². The van der Waals surface area contributed by atoms with Crippen LogP contribution in [0.1, 0.15) is 71.4 Å². The molecular formula is C33H38N6O2. The number of nitrogens with two attached hydrogens (primary N) is 1. The van der Waals surface area contributed by atoms with E-state index in [1.165, 1.54) is 0 Å². The maximum absolute atomic E-state index is 13.3. The number of ketones is 1. The van der Waals surface area contributed by atoms with Gasteiger partial charge in [-0.15, -0.1) is 0 Å². The van der Waals surface area contributed by atoms with Crippen LogP contribution in [-0.2, 0) is 0 Å². The maximum Gasteiger partial charge on any atom is 0.225 e. The molecule has 0 atom stereocenters. The van der Waals surface area contributed by atoms with E-state index in [2.05, 4.69) is 31.2 Å². The van der Waals surface area contributed by atoms with Crippen molar-refractivity contribution >= 4 is 40.3 Å². The fraction of sp³-hybridized carbons (Fsp3) is 0.364. The van der Waals surface area contributed by atoms with Crippen molar-refractivity contribution < 1.29 is 9.59 Å². The Kier molecular flexibility index (Phi) is 8.40. The number of carbonyl (C=O) groups is 2. The number of pyridine rings is 1. The third-order valence-electron chi connectivity index (χ3n) is 7.86. The van der Waals surface area contributed by atoms with Crippen LogP contribution in [0.4, 0.5) is 17.3 Å². The van der Waals surface area contributed by atoms with Gasteiger partial charge in [-0.2, -0.15) is 0 Å². The number of rotatable bonds is 7. The van der Waals surface area contributed by atoms with Crippen LogP contribution in [0.2, 0.25) is 0 Å². The molecular weight excluding hydrogens is 512 g/mol. The number of anilines is 3. The zero-order valence-electron chi connectivity index (χ0n) is 24.3. The Morgan fingerprint density at radius 2 is 1.59 bits per heavy atom. The van der Waals surface area contributed by atoms with Crippen molar-refractivity contribution in [2.24, 2.45) is 11.7 Å².